The van der Waals surface area contributed by atoms with Gasteiger partial charge in [0.15, 0.2) is 5.79 Å². The van der Waals surface area contributed by atoms with Crippen molar-refractivity contribution in [3.63, 3.8) is 0 Å². The van der Waals surface area contributed by atoms with Crippen LogP contribution in [0.3, 0.4) is 0 Å². The summed E-state index contributed by atoms with van der Waals surface area (Å²) in [7, 11) is 3.35. The molecule has 3 heteroatoms. The van der Waals surface area contributed by atoms with Gasteiger partial charge in [0.25, 0.3) is 0 Å². The Morgan fingerprint density at radius 3 is 2.31 bits per heavy atom. The lowest BCUT2D eigenvalue weighted by molar-refractivity contribution is -0.290. The molecule has 0 saturated heterocycles. The Bertz CT molecular complexity index is 311. The molecule has 1 aromatic rings. The van der Waals surface area contributed by atoms with E-state index in [1.165, 1.54) is 5.56 Å². The molecule has 0 aliphatic heterocycles. The van der Waals surface area contributed by atoms with Crippen LogP contribution in [0, 0.1) is 0 Å². The summed E-state index contributed by atoms with van der Waals surface area (Å²) in [5.41, 5.74) is 1.20. The Hall–Kier alpha value is -0.900. The van der Waals surface area contributed by atoms with Gasteiger partial charge < -0.3 is 14.2 Å². The number of ether oxygens (including phenoxy) is 3. The van der Waals surface area contributed by atoms with Crippen LogP contribution in [0.25, 0.3) is 0 Å². The van der Waals surface area contributed by atoms with E-state index in [-0.39, 0.29) is 6.10 Å². The Balaban J connectivity index is 1.74. The normalized spacial score (nSPS) is 19.4. The molecule has 1 saturated carbocycles. The van der Waals surface area contributed by atoms with Crippen molar-refractivity contribution in [2.24, 2.45) is 0 Å². The van der Waals surface area contributed by atoms with Gasteiger partial charge in [-0.3, -0.25) is 0 Å². The first kappa shape index (κ1) is 11.6. The number of hydrogen-bond donors (Lipinski definition) is 0. The molecule has 0 bridgehead atoms. The molecule has 88 valence electrons. The van der Waals surface area contributed by atoms with Crippen LogP contribution in [0.1, 0.15) is 18.4 Å². The first-order valence-electron chi connectivity index (χ1n) is 5.54. The summed E-state index contributed by atoms with van der Waals surface area (Å²) >= 11 is 0. The van der Waals surface area contributed by atoms with Gasteiger partial charge in [0, 0.05) is 27.1 Å². The van der Waals surface area contributed by atoms with E-state index in [1.807, 2.05) is 18.2 Å². The fourth-order valence-electron chi connectivity index (χ4n) is 1.96. The van der Waals surface area contributed by atoms with Crippen LogP contribution in [-0.4, -0.2) is 26.1 Å². The predicted molar refractivity (Wildman–Crippen MR) is 61.0 cm³/mol. The summed E-state index contributed by atoms with van der Waals surface area (Å²) < 4.78 is 16.4. The molecule has 16 heavy (non-hydrogen) atoms. The molecule has 0 atom stereocenters. The van der Waals surface area contributed by atoms with Gasteiger partial charge in [-0.25, -0.2) is 0 Å². The molecule has 0 heterocycles. The van der Waals surface area contributed by atoms with Gasteiger partial charge in [-0.2, -0.15) is 0 Å². The highest BCUT2D eigenvalue weighted by atomic mass is 16.7. The quantitative estimate of drug-likeness (QED) is 0.716. The van der Waals surface area contributed by atoms with Crippen molar-refractivity contribution in [2.45, 2.75) is 31.3 Å². The summed E-state index contributed by atoms with van der Waals surface area (Å²) in [6.45, 7) is 0.662. The Kier molecular flexibility index (Phi) is 3.59. The average Bonchev–Trinajstić information content (AvgIpc) is 2.30. The van der Waals surface area contributed by atoms with E-state index in [9.17, 15) is 0 Å². The fourth-order valence-corrected chi connectivity index (χ4v) is 1.96. The Labute approximate surface area is 96.3 Å². The van der Waals surface area contributed by atoms with Crippen LogP contribution in [0.2, 0.25) is 0 Å². The van der Waals surface area contributed by atoms with Crippen molar-refractivity contribution < 1.29 is 14.2 Å². The summed E-state index contributed by atoms with van der Waals surface area (Å²) in [6.07, 6.45) is 1.87. The van der Waals surface area contributed by atoms with Crippen LogP contribution in [0.15, 0.2) is 30.3 Å². The van der Waals surface area contributed by atoms with E-state index in [0.29, 0.717) is 6.61 Å². The molecule has 0 radical (unpaired) electrons. The fraction of sp³-hybridized carbons (Fsp3) is 0.538. The molecule has 0 N–H and O–H groups in total. The second-order valence-electron chi connectivity index (χ2n) is 4.15. The topological polar surface area (TPSA) is 27.7 Å². The number of hydrogen-bond acceptors (Lipinski definition) is 3. The van der Waals surface area contributed by atoms with Gasteiger partial charge in [-0.05, 0) is 5.56 Å². The van der Waals surface area contributed by atoms with Gasteiger partial charge in [-0.1, -0.05) is 30.3 Å². The molecule has 0 amide bonds. The number of methoxy groups -OCH3 is 2. The first-order chi connectivity index (χ1) is 7.78. The van der Waals surface area contributed by atoms with E-state index in [0.717, 1.165) is 12.8 Å². The third-order valence-corrected chi connectivity index (χ3v) is 3.15. The second-order valence-corrected chi connectivity index (χ2v) is 4.15. The molecular formula is C13H18O3. The van der Waals surface area contributed by atoms with Crippen LogP contribution in [0.5, 0.6) is 0 Å². The molecule has 1 aliphatic carbocycles. The van der Waals surface area contributed by atoms with Crippen molar-refractivity contribution in [1.82, 2.24) is 0 Å². The number of benzene rings is 1. The van der Waals surface area contributed by atoms with Gasteiger partial charge in [0.1, 0.15) is 0 Å². The van der Waals surface area contributed by atoms with Gasteiger partial charge in [0.2, 0.25) is 0 Å². The van der Waals surface area contributed by atoms with Crippen molar-refractivity contribution in [3.8, 4) is 0 Å². The van der Waals surface area contributed by atoms with E-state index < -0.39 is 5.79 Å². The monoisotopic (exact) mass is 222 g/mol. The zero-order valence-electron chi connectivity index (χ0n) is 9.81. The van der Waals surface area contributed by atoms with Crippen LogP contribution >= 0.6 is 0 Å². The number of rotatable bonds is 5. The molecule has 2 rings (SSSR count). The van der Waals surface area contributed by atoms with Crippen molar-refractivity contribution in [2.75, 3.05) is 14.2 Å². The zero-order chi connectivity index (χ0) is 11.4. The Morgan fingerprint density at radius 2 is 1.75 bits per heavy atom. The first-order valence-corrected chi connectivity index (χ1v) is 5.54. The molecule has 0 spiro atoms. The maximum absolute atomic E-state index is 5.76. The Morgan fingerprint density at radius 1 is 1.12 bits per heavy atom. The molecule has 1 aliphatic rings. The van der Waals surface area contributed by atoms with Crippen LogP contribution in [0.4, 0.5) is 0 Å². The summed E-state index contributed by atoms with van der Waals surface area (Å²) in [4.78, 5) is 0. The largest absolute Gasteiger partial charge is 0.373 e. The minimum absolute atomic E-state index is 0.250. The van der Waals surface area contributed by atoms with Gasteiger partial charge >= 0.3 is 0 Å². The van der Waals surface area contributed by atoms with Gasteiger partial charge in [0.05, 0.1) is 12.7 Å². The van der Waals surface area contributed by atoms with Crippen LogP contribution in [-0.2, 0) is 20.8 Å². The predicted octanol–water partition coefficient (Wildman–Crippen LogP) is 2.35. The zero-order valence-corrected chi connectivity index (χ0v) is 9.81. The van der Waals surface area contributed by atoms with Crippen molar-refractivity contribution >= 4 is 0 Å². The maximum Gasteiger partial charge on any atom is 0.172 e. The lowest BCUT2D eigenvalue weighted by Gasteiger charge is -2.44. The molecule has 0 unspecified atom stereocenters. The molecule has 0 aromatic heterocycles. The van der Waals surface area contributed by atoms with E-state index in [2.05, 4.69) is 12.1 Å². The molecular weight excluding hydrogens is 204 g/mol. The SMILES string of the molecule is COC1(OC)CC(OCc2ccccc2)C1. The third-order valence-electron chi connectivity index (χ3n) is 3.15. The maximum atomic E-state index is 5.76. The summed E-state index contributed by atoms with van der Waals surface area (Å²) in [5.74, 6) is -0.401. The summed E-state index contributed by atoms with van der Waals surface area (Å²) in [5, 5.41) is 0. The standard InChI is InChI=1S/C13H18O3/c1-14-13(15-2)8-12(9-13)16-10-11-6-4-3-5-7-11/h3-7,12H,8-10H2,1-2H3. The van der Waals surface area contributed by atoms with E-state index in [4.69, 9.17) is 14.2 Å². The van der Waals surface area contributed by atoms with Crippen molar-refractivity contribution in [3.05, 3.63) is 35.9 Å². The molecule has 1 fully saturated rings. The lowest BCUT2D eigenvalue weighted by Crippen LogP contribution is -2.51. The van der Waals surface area contributed by atoms with E-state index in [1.54, 1.807) is 14.2 Å². The molecule has 3 nitrogen and oxygen atoms in total. The lowest BCUT2D eigenvalue weighted by atomic mass is 9.87. The second kappa shape index (κ2) is 4.95. The van der Waals surface area contributed by atoms with Crippen LogP contribution < -0.4 is 0 Å². The minimum atomic E-state index is -0.401. The van der Waals surface area contributed by atoms with Gasteiger partial charge in [-0.15, -0.1) is 0 Å². The van der Waals surface area contributed by atoms with E-state index >= 15 is 0 Å². The summed E-state index contributed by atoms with van der Waals surface area (Å²) in [6, 6.07) is 10.2. The molecule has 1 aromatic carbocycles. The highest BCUT2D eigenvalue weighted by molar-refractivity contribution is 5.13. The third kappa shape index (κ3) is 2.43. The minimum Gasteiger partial charge on any atom is -0.373 e. The highest BCUT2D eigenvalue weighted by Crippen LogP contribution is 2.38. The highest BCUT2D eigenvalue weighted by Gasteiger charge is 2.45. The van der Waals surface area contributed by atoms with Crippen molar-refractivity contribution in [1.29, 1.82) is 0 Å². The smallest absolute Gasteiger partial charge is 0.172 e. The average molecular weight is 222 g/mol.